The minimum absolute atomic E-state index is 0.668. The van der Waals surface area contributed by atoms with Crippen molar-refractivity contribution < 1.29 is 4.57 Å². The van der Waals surface area contributed by atoms with E-state index in [-0.39, 0.29) is 0 Å². The van der Waals surface area contributed by atoms with Crippen molar-refractivity contribution in [1.29, 1.82) is 0 Å². The van der Waals surface area contributed by atoms with Gasteiger partial charge in [-0.05, 0) is 57.6 Å². The first-order valence-electron chi connectivity index (χ1n) is 12.9. The molecule has 0 amide bonds. The van der Waals surface area contributed by atoms with E-state index < -0.39 is 7.14 Å². The number of fused-ring (bicyclic) bond motifs is 9. The van der Waals surface area contributed by atoms with E-state index in [1.54, 1.807) is 0 Å². The first-order valence-corrected chi connectivity index (χ1v) is 15.0. The van der Waals surface area contributed by atoms with Crippen molar-refractivity contribution in [2.45, 2.75) is 13.8 Å². The van der Waals surface area contributed by atoms with E-state index in [0.717, 1.165) is 32.9 Å². The molecule has 0 aliphatic rings. The number of hydrogen-bond acceptors (Lipinski definition) is 2. The van der Waals surface area contributed by atoms with E-state index in [1.165, 1.54) is 32.7 Å². The molecule has 0 N–H and O–H groups in total. The number of pyridine rings is 1. The topological polar surface area (TPSA) is 34.4 Å². The Morgan fingerprint density at radius 2 is 1.35 bits per heavy atom. The lowest BCUT2D eigenvalue weighted by molar-refractivity contribution is 0.582. The van der Waals surface area contributed by atoms with Crippen molar-refractivity contribution >= 4 is 61.6 Å². The lowest BCUT2D eigenvalue weighted by atomic mass is 9.98. The maximum absolute atomic E-state index is 13.6. The molecule has 0 aliphatic heterocycles. The van der Waals surface area contributed by atoms with Gasteiger partial charge in [0, 0.05) is 28.4 Å². The summed E-state index contributed by atoms with van der Waals surface area (Å²) in [6, 6.07) is 36.6. The van der Waals surface area contributed by atoms with Crippen LogP contribution in [0.15, 0.2) is 103 Å². The normalized spacial score (nSPS) is 12.4. The quantitative estimate of drug-likeness (QED) is 0.180. The third-order valence-corrected chi connectivity index (χ3v) is 11.2. The molecule has 0 aliphatic carbocycles. The van der Waals surface area contributed by atoms with Gasteiger partial charge in [-0.25, -0.2) is 4.98 Å². The van der Waals surface area contributed by atoms with E-state index in [2.05, 4.69) is 95.4 Å². The fraction of sp³-hybridized carbons (Fsp3) is 0.121. The van der Waals surface area contributed by atoms with Gasteiger partial charge in [-0.1, -0.05) is 86.6 Å². The van der Waals surface area contributed by atoms with Gasteiger partial charge in [0.1, 0.15) is 12.8 Å². The van der Waals surface area contributed by atoms with Gasteiger partial charge in [0.05, 0.1) is 16.6 Å². The summed E-state index contributed by atoms with van der Waals surface area (Å²) in [4.78, 5) is 5.08. The van der Waals surface area contributed by atoms with Crippen LogP contribution in [0, 0.1) is 0 Å². The number of imidazole rings is 1. The zero-order valence-electron chi connectivity index (χ0n) is 21.0. The molecule has 5 aromatic carbocycles. The van der Waals surface area contributed by atoms with Gasteiger partial charge in [-0.2, -0.15) is 0 Å². The van der Waals surface area contributed by atoms with Crippen molar-refractivity contribution in [3.63, 3.8) is 0 Å². The van der Waals surface area contributed by atoms with Gasteiger partial charge in [-0.3, -0.25) is 4.40 Å². The molecule has 0 spiro atoms. The van der Waals surface area contributed by atoms with Gasteiger partial charge >= 0.3 is 0 Å². The van der Waals surface area contributed by atoms with Gasteiger partial charge in [0.15, 0.2) is 0 Å². The van der Waals surface area contributed by atoms with Crippen LogP contribution in [0.25, 0.3) is 60.3 Å². The molecule has 7 aromatic rings. The van der Waals surface area contributed by atoms with Gasteiger partial charge in [0.2, 0.25) is 0 Å². The van der Waals surface area contributed by atoms with Gasteiger partial charge < -0.3 is 4.57 Å². The molecular weight excluding hydrogens is 471 g/mol. The molecule has 0 saturated heterocycles. The smallest absolute Gasteiger partial charge is 0.146 e. The largest absolute Gasteiger partial charge is 0.319 e. The van der Waals surface area contributed by atoms with E-state index in [9.17, 15) is 4.57 Å². The lowest BCUT2D eigenvalue weighted by Gasteiger charge is -2.15. The summed E-state index contributed by atoms with van der Waals surface area (Å²) in [6.07, 6.45) is 1.34. The van der Waals surface area contributed by atoms with Crippen LogP contribution in [0.5, 0.6) is 0 Å². The van der Waals surface area contributed by atoms with E-state index >= 15 is 0 Å². The number of nitrogens with zero attached hydrogens (tertiary/aromatic N) is 2. The minimum Gasteiger partial charge on any atom is -0.319 e. The fourth-order valence-corrected chi connectivity index (χ4v) is 7.62. The van der Waals surface area contributed by atoms with Gasteiger partial charge in [0.25, 0.3) is 0 Å². The molecule has 4 heteroatoms. The molecule has 37 heavy (non-hydrogen) atoms. The molecule has 0 unspecified atom stereocenters. The molecule has 180 valence electrons. The summed E-state index contributed by atoms with van der Waals surface area (Å²) in [7, 11) is -2.42. The molecule has 0 radical (unpaired) electrons. The number of aromatic nitrogens is 2. The summed E-state index contributed by atoms with van der Waals surface area (Å²) < 4.78 is 15.9. The fourth-order valence-electron chi connectivity index (χ4n) is 5.74. The summed E-state index contributed by atoms with van der Waals surface area (Å²) in [5.41, 5.74) is 6.35. The number of rotatable bonds is 4. The summed E-state index contributed by atoms with van der Waals surface area (Å²) in [6.45, 7) is 4.06. The third-order valence-electron chi connectivity index (χ3n) is 7.91. The first-order chi connectivity index (χ1) is 18.1. The van der Waals surface area contributed by atoms with Crippen molar-refractivity contribution in [3.05, 3.63) is 103 Å². The Bertz CT molecular complexity index is 2050. The van der Waals surface area contributed by atoms with Crippen LogP contribution < -0.4 is 5.30 Å². The third kappa shape index (κ3) is 3.35. The van der Waals surface area contributed by atoms with E-state index in [4.69, 9.17) is 4.98 Å². The van der Waals surface area contributed by atoms with Crippen LogP contribution in [0.4, 0.5) is 0 Å². The average molecular weight is 499 g/mol. The highest BCUT2D eigenvalue weighted by molar-refractivity contribution is 7.71. The second kappa shape index (κ2) is 8.30. The minimum atomic E-state index is -2.42. The second-order valence-corrected chi connectivity index (χ2v) is 13.4. The Balaban J connectivity index is 1.59. The Labute approximate surface area is 215 Å². The van der Waals surface area contributed by atoms with Crippen molar-refractivity contribution in [1.82, 2.24) is 9.38 Å². The molecule has 2 heterocycles. The van der Waals surface area contributed by atoms with Crippen molar-refractivity contribution in [3.8, 4) is 11.1 Å². The Morgan fingerprint density at radius 1 is 0.649 bits per heavy atom. The van der Waals surface area contributed by atoms with E-state index in [1.807, 2.05) is 26.0 Å². The standard InChI is InChI=1S/C33H27N2OP/c1-3-37(36,4-2)26-16-18-30-32(21-26)35-31-20-25(24-14-13-22-9-5-6-10-23(22)19-24)15-17-28(31)27-11-7-8-12-29(27)33(35)34-30/h5-21H,3-4H2,1-2H3. The van der Waals surface area contributed by atoms with Crippen LogP contribution >= 0.6 is 7.14 Å². The van der Waals surface area contributed by atoms with Crippen LogP contribution in [0.3, 0.4) is 0 Å². The molecule has 0 bridgehead atoms. The average Bonchev–Trinajstić information content (AvgIpc) is 3.36. The molecule has 2 aromatic heterocycles. The van der Waals surface area contributed by atoms with Gasteiger partial charge in [-0.15, -0.1) is 0 Å². The van der Waals surface area contributed by atoms with Crippen LogP contribution in [0.1, 0.15) is 13.8 Å². The Kier molecular flexibility index (Phi) is 4.99. The zero-order valence-corrected chi connectivity index (χ0v) is 21.9. The predicted octanol–water partition coefficient (Wildman–Crippen LogP) is 8.64. The molecule has 0 fully saturated rings. The molecule has 3 nitrogen and oxygen atoms in total. The summed E-state index contributed by atoms with van der Waals surface area (Å²) in [5, 5.41) is 6.92. The predicted molar refractivity (Wildman–Crippen MR) is 159 cm³/mol. The highest BCUT2D eigenvalue weighted by atomic mass is 31.2. The zero-order chi connectivity index (χ0) is 25.1. The van der Waals surface area contributed by atoms with Crippen molar-refractivity contribution in [2.24, 2.45) is 0 Å². The number of benzene rings is 5. The lowest BCUT2D eigenvalue weighted by Crippen LogP contribution is -2.08. The highest BCUT2D eigenvalue weighted by Gasteiger charge is 2.22. The maximum atomic E-state index is 13.6. The summed E-state index contributed by atoms with van der Waals surface area (Å²) in [5.74, 6) is 0. The molecule has 0 saturated carbocycles. The second-order valence-electron chi connectivity index (χ2n) is 9.81. The summed E-state index contributed by atoms with van der Waals surface area (Å²) >= 11 is 0. The number of hydrogen-bond donors (Lipinski definition) is 0. The van der Waals surface area contributed by atoms with Crippen LogP contribution in [-0.2, 0) is 4.57 Å². The first kappa shape index (κ1) is 22.3. The molecule has 7 rings (SSSR count). The Hall–Kier alpha value is -3.94. The SMILES string of the molecule is CCP(=O)(CC)c1ccc2nc3c4ccccc4c4ccc(-c5ccc6ccccc6c5)cc4n3c2c1. The molecule has 0 atom stereocenters. The van der Waals surface area contributed by atoms with Crippen molar-refractivity contribution in [2.75, 3.05) is 12.3 Å². The highest BCUT2D eigenvalue weighted by Crippen LogP contribution is 2.44. The van der Waals surface area contributed by atoms with E-state index in [0.29, 0.717) is 12.3 Å². The monoisotopic (exact) mass is 498 g/mol. The van der Waals surface area contributed by atoms with Crippen LogP contribution in [0.2, 0.25) is 0 Å². The molecular formula is C33H27N2OP. The maximum Gasteiger partial charge on any atom is 0.146 e. The Morgan fingerprint density at radius 3 is 2.16 bits per heavy atom. The van der Waals surface area contributed by atoms with Crippen LogP contribution in [-0.4, -0.2) is 21.7 Å².